The first-order chi connectivity index (χ1) is 10.2. The van der Waals surface area contributed by atoms with Gasteiger partial charge in [0, 0.05) is 31.3 Å². The molecule has 0 N–H and O–H groups in total. The third-order valence-electron chi connectivity index (χ3n) is 3.38. The summed E-state index contributed by atoms with van der Waals surface area (Å²) in [5.74, 6) is 0.391. The average Bonchev–Trinajstić information content (AvgIpc) is 2.95. The predicted molar refractivity (Wildman–Crippen MR) is 77.0 cm³/mol. The van der Waals surface area contributed by atoms with Gasteiger partial charge in [-0.15, -0.1) is 0 Å². The number of hydrogen-bond donors (Lipinski definition) is 0. The van der Waals surface area contributed by atoms with Crippen LogP contribution in [0.1, 0.15) is 17.0 Å². The summed E-state index contributed by atoms with van der Waals surface area (Å²) >= 11 is 1.54. The molecule has 7 nitrogen and oxygen atoms in total. The van der Waals surface area contributed by atoms with Crippen molar-refractivity contribution in [2.24, 2.45) is 0 Å². The number of nitrogens with zero attached hydrogens (tertiary/aromatic N) is 4. The van der Waals surface area contributed by atoms with E-state index in [1.165, 1.54) is 17.8 Å². The van der Waals surface area contributed by atoms with Gasteiger partial charge in [-0.25, -0.2) is 9.97 Å². The first-order valence-corrected chi connectivity index (χ1v) is 7.72. The standard InChI is InChI=1S/C13H14N4O3S/c1-21-13-14-6-9-7-16(5-4-11(9)15-13)8-10-2-3-12(20-10)17(18)19/h2-3,6H,4-5,7-8H2,1H3. The minimum absolute atomic E-state index is 0.213. The highest BCUT2D eigenvalue weighted by Crippen LogP contribution is 2.22. The van der Waals surface area contributed by atoms with Crippen LogP contribution in [0, 0.1) is 10.1 Å². The van der Waals surface area contributed by atoms with Crippen molar-refractivity contribution in [2.75, 3.05) is 12.8 Å². The molecule has 3 heterocycles. The smallest absolute Gasteiger partial charge is 0.404 e. The Balaban J connectivity index is 1.69. The van der Waals surface area contributed by atoms with Crippen molar-refractivity contribution >= 4 is 17.6 Å². The lowest BCUT2D eigenvalue weighted by molar-refractivity contribution is -0.402. The molecule has 1 aliphatic rings. The van der Waals surface area contributed by atoms with E-state index < -0.39 is 4.92 Å². The van der Waals surface area contributed by atoms with Gasteiger partial charge in [0.15, 0.2) is 5.16 Å². The summed E-state index contributed by atoms with van der Waals surface area (Å²) in [7, 11) is 0. The predicted octanol–water partition coefficient (Wildman–Crippen LogP) is 2.26. The Bertz CT molecular complexity index is 673. The van der Waals surface area contributed by atoms with Gasteiger partial charge in [-0.2, -0.15) is 0 Å². The molecule has 0 aromatic carbocycles. The van der Waals surface area contributed by atoms with E-state index in [1.807, 2.05) is 12.5 Å². The third-order valence-corrected chi connectivity index (χ3v) is 3.94. The topological polar surface area (TPSA) is 85.3 Å². The summed E-state index contributed by atoms with van der Waals surface area (Å²) in [5.41, 5.74) is 2.20. The number of nitro groups is 1. The van der Waals surface area contributed by atoms with Crippen LogP contribution < -0.4 is 0 Å². The molecule has 0 aliphatic carbocycles. The molecule has 0 radical (unpaired) electrons. The normalized spacial score (nSPS) is 14.9. The molecule has 0 amide bonds. The van der Waals surface area contributed by atoms with Crippen LogP contribution in [0.4, 0.5) is 5.88 Å². The molecule has 0 atom stereocenters. The molecule has 0 bridgehead atoms. The number of thioether (sulfide) groups is 1. The molecule has 0 unspecified atom stereocenters. The molecule has 0 saturated heterocycles. The Hall–Kier alpha value is -1.93. The summed E-state index contributed by atoms with van der Waals surface area (Å²) in [5, 5.41) is 11.4. The van der Waals surface area contributed by atoms with Crippen molar-refractivity contribution in [3.05, 3.63) is 45.5 Å². The molecule has 2 aromatic heterocycles. The monoisotopic (exact) mass is 306 g/mol. The first-order valence-electron chi connectivity index (χ1n) is 6.50. The Kier molecular flexibility index (Phi) is 3.89. The van der Waals surface area contributed by atoms with E-state index in [-0.39, 0.29) is 5.88 Å². The lowest BCUT2D eigenvalue weighted by Crippen LogP contribution is -2.30. The van der Waals surface area contributed by atoms with Crippen LogP contribution in [0.3, 0.4) is 0 Å². The Morgan fingerprint density at radius 1 is 1.52 bits per heavy atom. The number of aromatic nitrogens is 2. The summed E-state index contributed by atoms with van der Waals surface area (Å²) in [6.45, 7) is 2.14. The molecule has 3 rings (SSSR count). The van der Waals surface area contributed by atoms with Gasteiger partial charge in [0.1, 0.15) is 10.7 Å². The summed E-state index contributed by atoms with van der Waals surface area (Å²) < 4.78 is 5.20. The molecule has 2 aromatic rings. The van der Waals surface area contributed by atoms with Gasteiger partial charge in [0.05, 0.1) is 18.3 Å². The summed E-state index contributed by atoms with van der Waals surface area (Å²) in [6.07, 6.45) is 4.68. The third kappa shape index (κ3) is 3.06. The van der Waals surface area contributed by atoms with Gasteiger partial charge in [-0.1, -0.05) is 11.8 Å². The lowest BCUT2D eigenvalue weighted by atomic mass is 10.1. The lowest BCUT2D eigenvalue weighted by Gasteiger charge is -2.26. The molecule has 0 fully saturated rings. The number of fused-ring (bicyclic) bond motifs is 1. The van der Waals surface area contributed by atoms with Crippen molar-refractivity contribution in [3.63, 3.8) is 0 Å². The number of hydrogen-bond acceptors (Lipinski definition) is 7. The molecule has 21 heavy (non-hydrogen) atoms. The second kappa shape index (κ2) is 5.82. The van der Waals surface area contributed by atoms with E-state index in [1.54, 1.807) is 6.07 Å². The molecule has 1 aliphatic heterocycles. The zero-order valence-corrected chi connectivity index (χ0v) is 12.3. The van der Waals surface area contributed by atoms with E-state index in [0.717, 1.165) is 35.9 Å². The van der Waals surface area contributed by atoms with Gasteiger partial charge >= 0.3 is 5.88 Å². The van der Waals surface area contributed by atoms with E-state index in [0.29, 0.717) is 12.3 Å². The summed E-state index contributed by atoms with van der Waals surface area (Å²) in [4.78, 5) is 21.1. The SMILES string of the molecule is CSc1ncc2c(n1)CCN(Cc1ccc([N+](=O)[O-])o1)C2. The second-order valence-electron chi connectivity index (χ2n) is 4.79. The maximum Gasteiger partial charge on any atom is 0.433 e. The van der Waals surface area contributed by atoms with Gasteiger partial charge < -0.3 is 4.42 Å². The van der Waals surface area contributed by atoms with Crippen LogP contribution >= 0.6 is 11.8 Å². The van der Waals surface area contributed by atoms with Crippen LogP contribution in [0.5, 0.6) is 0 Å². The molecule has 0 spiro atoms. The number of furan rings is 1. The Morgan fingerprint density at radius 3 is 3.10 bits per heavy atom. The maximum atomic E-state index is 10.6. The maximum absolute atomic E-state index is 10.6. The minimum atomic E-state index is -0.521. The van der Waals surface area contributed by atoms with Gasteiger partial charge in [0.25, 0.3) is 0 Å². The molecule has 110 valence electrons. The van der Waals surface area contributed by atoms with Crippen molar-refractivity contribution in [2.45, 2.75) is 24.7 Å². The fourth-order valence-corrected chi connectivity index (χ4v) is 2.72. The van der Waals surface area contributed by atoms with Crippen LogP contribution in [-0.2, 0) is 19.5 Å². The van der Waals surface area contributed by atoms with Crippen molar-refractivity contribution in [1.82, 2.24) is 14.9 Å². The molecular weight excluding hydrogens is 292 g/mol. The van der Waals surface area contributed by atoms with Gasteiger partial charge in [-0.3, -0.25) is 15.0 Å². The quantitative estimate of drug-likeness (QED) is 0.370. The van der Waals surface area contributed by atoms with E-state index in [2.05, 4.69) is 14.9 Å². The zero-order valence-electron chi connectivity index (χ0n) is 11.5. The van der Waals surface area contributed by atoms with E-state index in [9.17, 15) is 10.1 Å². The molecule has 0 saturated carbocycles. The van der Waals surface area contributed by atoms with Crippen molar-refractivity contribution < 1.29 is 9.34 Å². The second-order valence-corrected chi connectivity index (χ2v) is 5.56. The molecular formula is C13H14N4O3S. The minimum Gasteiger partial charge on any atom is -0.404 e. The largest absolute Gasteiger partial charge is 0.433 e. The van der Waals surface area contributed by atoms with Gasteiger partial charge in [0.2, 0.25) is 0 Å². The highest BCUT2D eigenvalue weighted by atomic mass is 32.2. The van der Waals surface area contributed by atoms with Crippen molar-refractivity contribution in [3.8, 4) is 0 Å². The number of rotatable bonds is 4. The Labute approximate surface area is 125 Å². The summed E-state index contributed by atoms with van der Waals surface area (Å²) in [6, 6.07) is 3.04. The van der Waals surface area contributed by atoms with Gasteiger partial charge in [-0.05, 0) is 12.3 Å². The van der Waals surface area contributed by atoms with E-state index >= 15 is 0 Å². The van der Waals surface area contributed by atoms with Crippen molar-refractivity contribution in [1.29, 1.82) is 0 Å². The fourth-order valence-electron chi connectivity index (χ4n) is 2.36. The first kappa shape index (κ1) is 14.0. The van der Waals surface area contributed by atoms with Crippen LogP contribution in [-0.4, -0.2) is 32.6 Å². The van der Waals surface area contributed by atoms with Crippen LogP contribution in [0.15, 0.2) is 27.9 Å². The Morgan fingerprint density at radius 2 is 2.38 bits per heavy atom. The molecule has 8 heteroatoms. The fraction of sp³-hybridized carbons (Fsp3) is 0.385. The zero-order chi connectivity index (χ0) is 14.8. The van der Waals surface area contributed by atoms with Crippen LogP contribution in [0.2, 0.25) is 0 Å². The highest BCUT2D eigenvalue weighted by molar-refractivity contribution is 7.98. The average molecular weight is 306 g/mol. The van der Waals surface area contributed by atoms with E-state index in [4.69, 9.17) is 4.42 Å². The van der Waals surface area contributed by atoms with Crippen LogP contribution in [0.25, 0.3) is 0 Å². The highest BCUT2D eigenvalue weighted by Gasteiger charge is 2.20.